The molecule has 0 aliphatic heterocycles. The Labute approximate surface area is 121 Å². The van der Waals surface area contributed by atoms with Crippen molar-refractivity contribution in [1.82, 2.24) is 15.1 Å². The zero-order valence-electron chi connectivity index (χ0n) is 10.8. The average molecular weight is 306 g/mol. The van der Waals surface area contributed by atoms with Gasteiger partial charge in [0, 0.05) is 25.7 Å². The number of nitrogens with one attached hydrogen (secondary N) is 1. The van der Waals surface area contributed by atoms with Crippen molar-refractivity contribution in [3.05, 3.63) is 53.3 Å². The number of alkyl halides is 3. The molecule has 0 atom stereocenters. The quantitative estimate of drug-likeness (QED) is 0.940. The number of halogens is 4. The normalized spacial score (nSPS) is 11.2. The van der Waals surface area contributed by atoms with Gasteiger partial charge in [-0.15, -0.1) is 12.4 Å². The Bertz CT molecular complexity index is 538. The average Bonchev–Trinajstić information content (AvgIpc) is 2.72. The number of aromatic nitrogens is 2. The second-order valence-electron chi connectivity index (χ2n) is 4.23. The lowest BCUT2D eigenvalue weighted by Gasteiger charge is -2.10. The van der Waals surface area contributed by atoms with Crippen LogP contribution in [0, 0.1) is 0 Å². The first-order chi connectivity index (χ1) is 8.98. The lowest BCUT2D eigenvalue weighted by atomic mass is 10.2. The molecule has 0 spiro atoms. The van der Waals surface area contributed by atoms with Gasteiger partial charge in [-0.3, -0.25) is 4.68 Å². The third kappa shape index (κ3) is 3.98. The minimum Gasteiger partial charge on any atom is -0.308 e. The number of rotatable bonds is 4. The molecule has 0 saturated heterocycles. The monoisotopic (exact) mass is 305 g/mol. The second kappa shape index (κ2) is 6.76. The van der Waals surface area contributed by atoms with Crippen LogP contribution < -0.4 is 5.32 Å². The molecular formula is C13H15ClF3N3. The number of nitrogens with zero attached hydrogens (tertiary/aromatic N) is 2. The topological polar surface area (TPSA) is 29.9 Å². The Hall–Kier alpha value is -1.53. The fourth-order valence-corrected chi connectivity index (χ4v) is 1.92. The molecule has 0 saturated carbocycles. The number of hydrogen-bond donors (Lipinski definition) is 1. The fourth-order valence-electron chi connectivity index (χ4n) is 1.92. The third-order valence-corrected chi connectivity index (χ3v) is 2.77. The van der Waals surface area contributed by atoms with Crippen molar-refractivity contribution in [2.45, 2.75) is 19.3 Å². The van der Waals surface area contributed by atoms with Crippen molar-refractivity contribution in [3.63, 3.8) is 0 Å². The molecule has 0 unspecified atom stereocenters. The third-order valence-electron chi connectivity index (χ3n) is 2.77. The van der Waals surface area contributed by atoms with E-state index in [4.69, 9.17) is 0 Å². The zero-order valence-corrected chi connectivity index (χ0v) is 11.6. The van der Waals surface area contributed by atoms with E-state index in [-0.39, 0.29) is 24.5 Å². The summed E-state index contributed by atoms with van der Waals surface area (Å²) in [5, 5.41) is 6.66. The molecule has 0 aliphatic carbocycles. The predicted molar refractivity (Wildman–Crippen MR) is 72.4 cm³/mol. The summed E-state index contributed by atoms with van der Waals surface area (Å²) >= 11 is 0. The van der Waals surface area contributed by atoms with E-state index in [0.717, 1.165) is 10.2 Å². The van der Waals surface area contributed by atoms with E-state index in [1.54, 1.807) is 0 Å². The van der Waals surface area contributed by atoms with Crippen LogP contribution in [0.15, 0.2) is 36.5 Å². The van der Waals surface area contributed by atoms with Gasteiger partial charge in [0.1, 0.15) is 5.69 Å². The van der Waals surface area contributed by atoms with E-state index in [1.165, 1.54) is 13.2 Å². The van der Waals surface area contributed by atoms with Crippen molar-refractivity contribution in [3.8, 4) is 0 Å². The smallest absolute Gasteiger partial charge is 0.308 e. The van der Waals surface area contributed by atoms with Crippen LogP contribution in [-0.4, -0.2) is 9.78 Å². The van der Waals surface area contributed by atoms with Gasteiger partial charge in [0.2, 0.25) is 0 Å². The molecule has 0 fully saturated rings. The van der Waals surface area contributed by atoms with Crippen molar-refractivity contribution < 1.29 is 13.2 Å². The first kappa shape index (κ1) is 16.5. The SMILES string of the molecule is Cl.Cn1ncc(CNCc2ccccc2)c1C(F)(F)F. The predicted octanol–water partition coefficient (Wildman–Crippen LogP) is 3.15. The van der Waals surface area contributed by atoms with Crippen LogP contribution in [0.4, 0.5) is 13.2 Å². The summed E-state index contributed by atoms with van der Waals surface area (Å²) < 4.78 is 39.3. The molecule has 0 aliphatic rings. The van der Waals surface area contributed by atoms with Crippen LogP contribution in [-0.2, 0) is 26.3 Å². The molecule has 1 aromatic heterocycles. The summed E-state index contributed by atoms with van der Waals surface area (Å²) in [6, 6.07) is 9.51. The number of aryl methyl sites for hydroxylation is 1. The number of hydrogen-bond acceptors (Lipinski definition) is 2. The first-order valence-corrected chi connectivity index (χ1v) is 5.81. The Balaban J connectivity index is 0.00000200. The number of benzene rings is 1. The molecule has 1 heterocycles. The van der Waals surface area contributed by atoms with Crippen LogP contribution in [0.1, 0.15) is 16.8 Å². The van der Waals surface area contributed by atoms with Gasteiger partial charge in [0.25, 0.3) is 0 Å². The molecule has 0 radical (unpaired) electrons. The van der Waals surface area contributed by atoms with Crippen LogP contribution in [0.3, 0.4) is 0 Å². The molecule has 3 nitrogen and oxygen atoms in total. The summed E-state index contributed by atoms with van der Waals surface area (Å²) in [6.45, 7) is 0.657. The molecule has 110 valence electrons. The minimum atomic E-state index is -4.38. The van der Waals surface area contributed by atoms with E-state index < -0.39 is 11.9 Å². The van der Waals surface area contributed by atoms with Crippen LogP contribution >= 0.6 is 12.4 Å². The van der Waals surface area contributed by atoms with Gasteiger partial charge in [0.15, 0.2) is 0 Å². The minimum absolute atomic E-state index is 0. The van der Waals surface area contributed by atoms with E-state index in [1.807, 2.05) is 30.3 Å². The Morgan fingerprint density at radius 1 is 1.15 bits per heavy atom. The van der Waals surface area contributed by atoms with Gasteiger partial charge < -0.3 is 5.32 Å². The molecule has 20 heavy (non-hydrogen) atoms. The van der Waals surface area contributed by atoms with Gasteiger partial charge in [-0.2, -0.15) is 18.3 Å². The maximum Gasteiger partial charge on any atom is 0.433 e. The van der Waals surface area contributed by atoms with E-state index in [2.05, 4.69) is 10.4 Å². The highest BCUT2D eigenvalue weighted by Crippen LogP contribution is 2.31. The summed E-state index contributed by atoms with van der Waals surface area (Å²) in [7, 11) is 1.30. The summed E-state index contributed by atoms with van der Waals surface area (Å²) in [5.41, 5.74) is 0.485. The van der Waals surface area contributed by atoms with E-state index >= 15 is 0 Å². The molecule has 2 aromatic rings. The lowest BCUT2D eigenvalue weighted by Crippen LogP contribution is -2.18. The maximum absolute atomic E-state index is 12.8. The van der Waals surface area contributed by atoms with Crippen LogP contribution in [0.2, 0.25) is 0 Å². The van der Waals surface area contributed by atoms with Crippen molar-refractivity contribution in [1.29, 1.82) is 0 Å². The van der Waals surface area contributed by atoms with E-state index in [0.29, 0.717) is 6.54 Å². The lowest BCUT2D eigenvalue weighted by molar-refractivity contribution is -0.144. The van der Waals surface area contributed by atoms with Gasteiger partial charge in [0.05, 0.1) is 6.20 Å². The van der Waals surface area contributed by atoms with Gasteiger partial charge in [-0.1, -0.05) is 30.3 Å². The molecule has 0 amide bonds. The Morgan fingerprint density at radius 3 is 2.40 bits per heavy atom. The van der Waals surface area contributed by atoms with E-state index in [9.17, 15) is 13.2 Å². The molecule has 1 N–H and O–H groups in total. The second-order valence-corrected chi connectivity index (χ2v) is 4.23. The van der Waals surface area contributed by atoms with Gasteiger partial charge >= 0.3 is 6.18 Å². The standard InChI is InChI=1S/C13H14F3N3.ClH/c1-19-12(13(14,15)16)11(9-18-19)8-17-7-10-5-3-2-4-6-10;/h2-6,9,17H,7-8H2,1H3;1H. The Morgan fingerprint density at radius 2 is 1.80 bits per heavy atom. The molecule has 2 rings (SSSR count). The molecule has 0 bridgehead atoms. The molecular weight excluding hydrogens is 291 g/mol. The highest BCUT2D eigenvalue weighted by atomic mass is 35.5. The van der Waals surface area contributed by atoms with Crippen molar-refractivity contribution >= 4 is 12.4 Å². The zero-order chi connectivity index (χ0) is 13.9. The summed E-state index contributed by atoms with van der Waals surface area (Å²) in [4.78, 5) is 0. The molecule has 1 aromatic carbocycles. The van der Waals surface area contributed by atoms with Crippen LogP contribution in [0.5, 0.6) is 0 Å². The maximum atomic E-state index is 12.8. The van der Waals surface area contributed by atoms with Crippen molar-refractivity contribution in [2.75, 3.05) is 0 Å². The first-order valence-electron chi connectivity index (χ1n) is 5.81. The Kier molecular flexibility index (Phi) is 5.59. The largest absolute Gasteiger partial charge is 0.433 e. The summed E-state index contributed by atoms with van der Waals surface area (Å²) in [6.07, 6.45) is -3.13. The van der Waals surface area contributed by atoms with Gasteiger partial charge in [-0.25, -0.2) is 0 Å². The molecule has 7 heteroatoms. The highest BCUT2D eigenvalue weighted by Gasteiger charge is 2.36. The fraction of sp³-hybridized carbons (Fsp3) is 0.308. The van der Waals surface area contributed by atoms with Crippen molar-refractivity contribution in [2.24, 2.45) is 7.05 Å². The van der Waals surface area contributed by atoms with Gasteiger partial charge in [-0.05, 0) is 5.56 Å². The van der Waals surface area contributed by atoms with Crippen LogP contribution in [0.25, 0.3) is 0 Å². The summed E-state index contributed by atoms with van der Waals surface area (Å²) in [5.74, 6) is 0. The highest BCUT2D eigenvalue weighted by molar-refractivity contribution is 5.85.